The van der Waals surface area contributed by atoms with E-state index in [0.717, 1.165) is 0 Å². The van der Waals surface area contributed by atoms with Crippen LogP contribution in [-0.4, -0.2) is 36.4 Å². The summed E-state index contributed by atoms with van der Waals surface area (Å²) in [6, 6.07) is 0. The lowest BCUT2D eigenvalue weighted by atomic mass is 10.4. The standard InChI is InChI=1S/C9H14F3N3O/c1-16-3-2-13-5-7-6-14-8(15-7)4-9(10,11)12/h6,13H,2-5H2,1H3,(H,14,15). The smallest absolute Gasteiger partial charge is 0.383 e. The van der Waals surface area contributed by atoms with Crippen LogP contribution in [0.3, 0.4) is 0 Å². The van der Waals surface area contributed by atoms with Gasteiger partial charge in [0.05, 0.1) is 6.61 Å². The first-order valence-corrected chi connectivity index (χ1v) is 4.80. The van der Waals surface area contributed by atoms with E-state index >= 15 is 0 Å². The maximum atomic E-state index is 12.0. The molecule has 0 aliphatic rings. The van der Waals surface area contributed by atoms with Crippen LogP contribution in [0, 0.1) is 0 Å². The molecule has 1 aromatic rings. The van der Waals surface area contributed by atoms with E-state index in [2.05, 4.69) is 15.3 Å². The minimum absolute atomic E-state index is 0.0592. The minimum Gasteiger partial charge on any atom is -0.383 e. The Hall–Kier alpha value is -1.08. The average molecular weight is 237 g/mol. The van der Waals surface area contributed by atoms with Crippen molar-refractivity contribution >= 4 is 0 Å². The van der Waals surface area contributed by atoms with Crippen molar-refractivity contribution in [2.75, 3.05) is 20.3 Å². The molecule has 0 fully saturated rings. The lowest BCUT2D eigenvalue weighted by Crippen LogP contribution is -2.18. The quantitative estimate of drug-likeness (QED) is 0.732. The minimum atomic E-state index is -4.22. The molecule has 92 valence electrons. The predicted molar refractivity (Wildman–Crippen MR) is 51.9 cm³/mol. The zero-order valence-electron chi connectivity index (χ0n) is 8.90. The van der Waals surface area contributed by atoms with Crippen LogP contribution >= 0.6 is 0 Å². The molecular formula is C9H14F3N3O. The summed E-state index contributed by atoms with van der Waals surface area (Å²) >= 11 is 0. The van der Waals surface area contributed by atoms with Gasteiger partial charge in [-0.25, -0.2) is 4.98 Å². The molecule has 7 heteroatoms. The van der Waals surface area contributed by atoms with Gasteiger partial charge in [0, 0.05) is 32.1 Å². The summed E-state index contributed by atoms with van der Waals surface area (Å²) in [5.74, 6) is -0.0592. The van der Waals surface area contributed by atoms with Crippen molar-refractivity contribution in [2.45, 2.75) is 19.1 Å². The highest BCUT2D eigenvalue weighted by Gasteiger charge is 2.29. The van der Waals surface area contributed by atoms with Crippen molar-refractivity contribution in [3.05, 3.63) is 17.7 Å². The molecule has 1 heterocycles. The Kier molecular flexibility index (Phi) is 4.75. The molecule has 1 rings (SSSR count). The first-order valence-electron chi connectivity index (χ1n) is 4.80. The number of hydrogen-bond donors (Lipinski definition) is 2. The Balaban J connectivity index is 2.34. The van der Waals surface area contributed by atoms with Gasteiger partial charge in [-0.15, -0.1) is 0 Å². The van der Waals surface area contributed by atoms with Crippen molar-refractivity contribution in [1.82, 2.24) is 15.3 Å². The fourth-order valence-corrected chi connectivity index (χ4v) is 1.17. The van der Waals surface area contributed by atoms with Crippen molar-refractivity contribution in [3.63, 3.8) is 0 Å². The normalized spacial score (nSPS) is 12.0. The molecule has 0 unspecified atom stereocenters. The van der Waals surface area contributed by atoms with Gasteiger partial charge >= 0.3 is 6.18 Å². The third kappa shape index (κ3) is 5.13. The van der Waals surface area contributed by atoms with Crippen LogP contribution < -0.4 is 5.32 Å². The Morgan fingerprint density at radius 2 is 2.25 bits per heavy atom. The van der Waals surface area contributed by atoms with E-state index < -0.39 is 12.6 Å². The molecule has 16 heavy (non-hydrogen) atoms. The first kappa shape index (κ1) is 13.0. The van der Waals surface area contributed by atoms with Crippen molar-refractivity contribution in [2.24, 2.45) is 0 Å². The second-order valence-electron chi connectivity index (χ2n) is 3.32. The van der Waals surface area contributed by atoms with Crippen LogP contribution in [0.4, 0.5) is 13.2 Å². The average Bonchev–Trinajstić information content (AvgIpc) is 2.58. The highest BCUT2D eigenvalue weighted by molar-refractivity contribution is 5.01. The third-order valence-corrected chi connectivity index (χ3v) is 1.85. The Morgan fingerprint density at radius 1 is 1.50 bits per heavy atom. The molecule has 0 aliphatic heterocycles. The lowest BCUT2D eigenvalue weighted by Gasteiger charge is -2.03. The fraction of sp³-hybridized carbons (Fsp3) is 0.667. The monoisotopic (exact) mass is 237 g/mol. The number of nitrogens with zero attached hydrogens (tertiary/aromatic N) is 1. The second-order valence-corrected chi connectivity index (χ2v) is 3.32. The van der Waals surface area contributed by atoms with Gasteiger partial charge in [0.2, 0.25) is 0 Å². The van der Waals surface area contributed by atoms with Gasteiger partial charge < -0.3 is 15.0 Å². The number of alkyl halides is 3. The number of imidazole rings is 1. The van der Waals surface area contributed by atoms with Crippen LogP contribution in [0.15, 0.2) is 6.20 Å². The summed E-state index contributed by atoms with van der Waals surface area (Å²) in [5, 5.41) is 3.00. The molecule has 0 radical (unpaired) electrons. The van der Waals surface area contributed by atoms with Crippen LogP contribution in [0.25, 0.3) is 0 Å². The number of rotatable bonds is 6. The largest absolute Gasteiger partial charge is 0.396 e. The van der Waals surface area contributed by atoms with Crippen LogP contribution in [0.5, 0.6) is 0 Å². The molecule has 0 amide bonds. The van der Waals surface area contributed by atoms with Crippen LogP contribution in [0.2, 0.25) is 0 Å². The van der Waals surface area contributed by atoms with Gasteiger partial charge in [0.1, 0.15) is 12.2 Å². The molecule has 2 N–H and O–H groups in total. The summed E-state index contributed by atoms with van der Waals surface area (Å²) in [6.07, 6.45) is -3.84. The molecular weight excluding hydrogens is 223 g/mol. The van der Waals surface area contributed by atoms with E-state index in [1.54, 1.807) is 7.11 Å². The highest BCUT2D eigenvalue weighted by Crippen LogP contribution is 2.19. The maximum Gasteiger partial charge on any atom is 0.396 e. The molecule has 4 nitrogen and oxygen atoms in total. The third-order valence-electron chi connectivity index (χ3n) is 1.85. The number of H-pyrrole nitrogens is 1. The maximum absolute atomic E-state index is 12.0. The van der Waals surface area contributed by atoms with E-state index in [9.17, 15) is 13.2 Å². The van der Waals surface area contributed by atoms with E-state index in [1.165, 1.54) is 6.20 Å². The molecule has 0 atom stereocenters. The summed E-state index contributed by atoms with van der Waals surface area (Å²) in [4.78, 5) is 6.27. The van der Waals surface area contributed by atoms with Gasteiger partial charge in [0.15, 0.2) is 0 Å². The fourth-order valence-electron chi connectivity index (χ4n) is 1.17. The van der Waals surface area contributed by atoms with Gasteiger partial charge in [-0.2, -0.15) is 13.2 Å². The van der Waals surface area contributed by atoms with E-state index in [-0.39, 0.29) is 5.82 Å². The Labute approximate surface area is 91.2 Å². The zero-order chi connectivity index (χ0) is 12.0. The number of ether oxygens (including phenoxy) is 1. The van der Waals surface area contributed by atoms with Crippen molar-refractivity contribution in [3.8, 4) is 0 Å². The molecule has 0 saturated carbocycles. The number of hydrogen-bond acceptors (Lipinski definition) is 3. The van der Waals surface area contributed by atoms with E-state index in [4.69, 9.17) is 4.74 Å². The van der Waals surface area contributed by atoms with Crippen LogP contribution in [-0.2, 0) is 17.7 Å². The topological polar surface area (TPSA) is 49.9 Å². The van der Waals surface area contributed by atoms with E-state index in [0.29, 0.717) is 25.4 Å². The highest BCUT2D eigenvalue weighted by atomic mass is 19.4. The Bertz CT molecular complexity index is 311. The number of halogens is 3. The number of methoxy groups -OCH3 is 1. The molecule has 0 aromatic carbocycles. The summed E-state index contributed by atoms with van der Waals surface area (Å²) < 4.78 is 40.8. The predicted octanol–water partition coefficient (Wildman–Crippen LogP) is 1.25. The molecule has 0 spiro atoms. The summed E-state index contributed by atoms with van der Waals surface area (Å²) in [5.41, 5.74) is 0.635. The van der Waals surface area contributed by atoms with Gasteiger partial charge in [0.25, 0.3) is 0 Å². The molecule has 0 bridgehead atoms. The number of aromatic nitrogens is 2. The van der Waals surface area contributed by atoms with E-state index in [1.807, 2.05) is 0 Å². The molecule has 1 aromatic heterocycles. The lowest BCUT2D eigenvalue weighted by molar-refractivity contribution is -0.128. The number of nitrogens with one attached hydrogen (secondary N) is 2. The van der Waals surface area contributed by atoms with Gasteiger partial charge in [-0.1, -0.05) is 0 Å². The first-order chi connectivity index (χ1) is 7.51. The van der Waals surface area contributed by atoms with Gasteiger partial charge in [-0.05, 0) is 0 Å². The molecule has 0 aliphatic carbocycles. The Morgan fingerprint density at radius 3 is 2.88 bits per heavy atom. The second kappa shape index (κ2) is 5.86. The number of aromatic amines is 1. The SMILES string of the molecule is COCCNCc1cnc(CC(F)(F)F)[nH]1. The summed E-state index contributed by atoms with van der Waals surface area (Å²) in [6.45, 7) is 1.65. The molecule has 0 saturated heterocycles. The van der Waals surface area contributed by atoms with Crippen molar-refractivity contribution in [1.29, 1.82) is 0 Å². The summed E-state index contributed by atoms with van der Waals surface area (Å²) in [7, 11) is 1.58. The van der Waals surface area contributed by atoms with Gasteiger partial charge in [-0.3, -0.25) is 0 Å². The zero-order valence-corrected chi connectivity index (χ0v) is 8.90. The van der Waals surface area contributed by atoms with Crippen LogP contribution in [0.1, 0.15) is 11.5 Å². The van der Waals surface area contributed by atoms with Crippen molar-refractivity contribution < 1.29 is 17.9 Å².